The molecule has 2 aliphatic carbocycles. The Morgan fingerprint density at radius 3 is 2.58 bits per heavy atom. The van der Waals surface area contributed by atoms with E-state index in [2.05, 4.69) is 25.9 Å². The highest BCUT2D eigenvalue weighted by atomic mass is 16.4. The molecule has 0 aliphatic heterocycles. The van der Waals surface area contributed by atoms with Crippen LogP contribution in [0, 0.1) is 23.2 Å². The monoisotopic (exact) mass is 167 g/mol. The van der Waals surface area contributed by atoms with Gasteiger partial charge in [0.25, 0.3) is 0 Å². The van der Waals surface area contributed by atoms with Gasteiger partial charge in [0.1, 0.15) is 0 Å². The van der Waals surface area contributed by atoms with Crippen molar-refractivity contribution in [3.05, 3.63) is 0 Å². The largest absolute Gasteiger partial charge is 0.411 e. The van der Waals surface area contributed by atoms with Crippen LogP contribution in [0.15, 0.2) is 5.16 Å². The Hall–Kier alpha value is -0.530. The lowest BCUT2D eigenvalue weighted by atomic mass is 9.69. The summed E-state index contributed by atoms with van der Waals surface area (Å²) in [5.41, 5.74) is 1.51. The topological polar surface area (TPSA) is 32.6 Å². The van der Waals surface area contributed by atoms with Gasteiger partial charge in [0.05, 0.1) is 5.71 Å². The molecule has 0 aromatic carbocycles. The molecule has 0 saturated heterocycles. The summed E-state index contributed by atoms with van der Waals surface area (Å²) in [5, 5.41) is 12.2. The van der Waals surface area contributed by atoms with E-state index < -0.39 is 0 Å². The number of nitrogens with zero attached hydrogens (tertiary/aromatic N) is 1. The minimum atomic E-state index is 0.457. The molecule has 2 rings (SSSR count). The van der Waals surface area contributed by atoms with Gasteiger partial charge in [0.2, 0.25) is 0 Å². The van der Waals surface area contributed by atoms with Crippen molar-refractivity contribution < 1.29 is 5.21 Å². The molecule has 0 spiro atoms. The van der Waals surface area contributed by atoms with E-state index in [9.17, 15) is 0 Å². The molecule has 2 fully saturated rings. The van der Waals surface area contributed by atoms with Gasteiger partial charge < -0.3 is 5.21 Å². The lowest BCUT2D eigenvalue weighted by Gasteiger charge is -2.36. The van der Waals surface area contributed by atoms with Gasteiger partial charge >= 0.3 is 0 Å². The fourth-order valence-corrected chi connectivity index (χ4v) is 2.99. The van der Waals surface area contributed by atoms with Crippen LogP contribution >= 0.6 is 0 Å². The normalized spacial score (nSPS) is 47.2. The van der Waals surface area contributed by atoms with E-state index in [0.29, 0.717) is 17.3 Å². The maximum absolute atomic E-state index is 8.76. The molecule has 68 valence electrons. The quantitative estimate of drug-likeness (QED) is 0.436. The summed E-state index contributed by atoms with van der Waals surface area (Å²) in [6.07, 6.45) is 2.27. The second-order valence-electron chi connectivity index (χ2n) is 4.94. The van der Waals surface area contributed by atoms with Gasteiger partial charge in [-0.1, -0.05) is 25.9 Å². The average Bonchev–Trinajstić information content (AvgIpc) is 2.52. The van der Waals surface area contributed by atoms with Crippen molar-refractivity contribution in [1.82, 2.24) is 0 Å². The van der Waals surface area contributed by atoms with Crippen molar-refractivity contribution in [3.8, 4) is 0 Å². The zero-order valence-electron chi connectivity index (χ0n) is 8.04. The fourth-order valence-electron chi connectivity index (χ4n) is 2.99. The molecule has 3 atom stereocenters. The average molecular weight is 167 g/mol. The van der Waals surface area contributed by atoms with Crippen molar-refractivity contribution in [1.29, 1.82) is 0 Å². The summed E-state index contributed by atoms with van der Waals surface area (Å²) in [6.45, 7) is 6.97. The summed E-state index contributed by atoms with van der Waals surface area (Å²) in [5.74, 6) is 2.00. The minimum absolute atomic E-state index is 0.457. The Morgan fingerprint density at radius 2 is 2.17 bits per heavy atom. The predicted octanol–water partition coefficient (Wildman–Crippen LogP) is 2.52. The highest BCUT2D eigenvalue weighted by Crippen LogP contribution is 2.57. The van der Waals surface area contributed by atoms with E-state index >= 15 is 0 Å². The molecule has 0 aromatic heterocycles. The van der Waals surface area contributed by atoms with Gasteiger partial charge in [-0.2, -0.15) is 0 Å². The van der Waals surface area contributed by atoms with Crippen LogP contribution in [-0.2, 0) is 0 Å². The Kier molecular flexibility index (Phi) is 1.51. The third-order valence-electron chi connectivity index (χ3n) is 4.38. The lowest BCUT2D eigenvalue weighted by molar-refractivity contribution is 0.178. The molecule has 0 amide bonds. The highest BCUT2D eigenvalue weighted by Gasteiger charge is 2.53. The number of hydrogen-bond acceptors (Lipinski definition) is 2. The number of rotatable bonds is 0. The molecule has 1 N–H and O–H groups in total. The van der Waals surface area contributed by atoms with Crippen molar-refractivity contribution >= 4 is 5.71 Å². The third kappa shape index (κ3) is 0.782. The Bertz CT molecular complexity index is 228. The summed E-state index contributed by atoms with van der Waals surface area (Å²) in [7, 11) is 0. The second-order valence-corrected chi connectivity index (χ2v) is 4.94. The van der Waals surface area contributed by atoms with Crippen LogP contribution in [0.3, 0.4) is 0 Å². The van der Waals surface area contributed by atoms with Crippen molar-refractivity contribution in [2.24, 2.45) is 28.3 Å². The molecular weight excluding hydrogens is 150 g/mol. The first-order valence-electron chi connectivity index (χ1n) is 4.78. The molecule has 2 heteroatoms. The van der Waals surface area contributed by atoms with E-state index in [1.54, 1.807) is 0 Å². The number of oxime groups is 1. The summed E-state index contributed by atoms with van der Waals surface area (Å²) >= 11 is 0. The maximum atomic E-state index is 8.76. The molecule has 12 heavy (non-hydrogen) atoms. The van der Waals surface area contributed by atoms with Gasteiger partial charge in [0.15, 0.2) is 0 Å². The summed E-state index contributed by atoms with van der Waals surface area (Å²) in [4.78, 5) is 0. The van der Waals surface area contributed by atoms with Crippen molar-refractivity contribution in [2.75, 3.05) is 0 Å². The standard InChI is InChI=1S/C10H17NO/c1-6-8-4-7(10(6,2)3)5-9(8)11-12/h6-8,12H,4-5H2,1-3H3/b11-9+/t6-,7-,8-/m1/s1. The first-order valence-corrected chi connectivity index (χ1v) is 4.78. The third-order valence-corrected chi connectivity index (χ3v) is 4.38. The molecular formula is C10H17NO. The van der Waals surface area contributed by atoms with Gasteiger partial charge in [-0.25, -0.2) is 0 Å². The van der Waals surface area contributed by atoms with E-state index in [4.69, 9.17) is 5.21 Å². The van der Waals surface area contributed by atoms with Crippen LogP contribution in [0.2, 0.25) is 0 Å². The molecule has 2 nitrogen and oxygen atoms in total. The zero-order chi connectivity index (χ0) is 8.93. The SMILES string of the molecule is C[C@@H]1[C@H]2C[C@H](C/C2=N\O)C1(C)C. The number of fused-ring (bicyclic) bond motifs is 2. The lowest BCUT2D eigenvalue weighted by Crippen LogP contribution is -2.33. The first-order chi connectivity index (χ1) is 5.57. The van der Waals surface area contributed by atoms with Crippen molar-refractivity contribution in [3.63, 3.8) is 0 Å². The molecule has 0 heterocycles. The molecule has 0 aromatic rings. The van der Waals surface area contributed by atoms with Crippen molar-refractivity contribution in [2.45, 2.75) is 33.6 Å². The van der Waals surface area contributed by atoms with Crippen LogP contribution in [-0.4, -0.2) is 10.9 Å². The Morgan fingerprint density at radius 1 is 1.50 bits per heavy atom. The van der Waals surface area contributed by atoms with Crippen LogP contribution < -0.4 is 0 Å². The van der Waals surface area contributed by atoms with E-state index in [-0.39, 0.29) is 0 Å². The molecule has 0 radical (unpaired) electrons. The van der Waals surface area contributed by atoms with Gasteiger partial charge in [-0.05, 0) is 30.1 Å². The van der Waals surface area contributed by atoms with Gasteiger partial charge in [-0.15, -0.1) is 0 Å². The van der Waals surface area contributed by atoms with E-state index in [1.165, 1.54) is 6.42 Å². The smallest absolute Gasteiger partial charge is 0.0607 e. The first kappa shape index (κ1) is 8.09. The number of hydrogen-bond donors (Lipinski definition) is 1. The zero-order valence-corrected chi connectivity index (χ0v) is 8.04. The maximum Gasteiger partial charge on any atom is 0.0607 e. The van der Waals surface area contributed by atoms with E-state index in [1.807, 2.05) is 0 Å². The molecule has 2 saturated carbocycles. The van der Waals surface area contributed by atoms with Crippen LogP contribution in [0.1, 0.15) is 33.6 Å². The summed E-state index contributed by atoms with van der Waals surface area (Å²) < 4.78 is 0. The van der Waals surface area contributed by atoms with Gasteiger partial charge in [-0.3, -0.25) is 0 Å². The minimum Gasteiger partial charge on any atom is -0.411 e. The summed E-state index contributed by atoms with van der Waals surface area (Å²) in [6, 6.07) is 0. The Balaban J connectivity index is 2.29. The fraction of sp³-hybridized carbons (Fsp3) is 0.900. The second kappa shape index (κ2) is 2.24. The predicted molar refractivity (Wildman–Crippen MR) is 48.4 cm³/mol. The molecule has 2 bridgehead atoms. The van der Waals surface area contributed by atoms with Gasteiger partial charge in [0, 0.05) is 5.92 Å². The van der Waals surface area contributed by atoms with E-state index in [0.717, 1.165) is 18.1 Å². The Labute approximate surface area is 73.7 Å². The molecule has 2 aliphatic rings. The van der Waals surface area contributed by atoms with Crippen LogP contribution in [0.4, 0.5) is 0 Å². The van der Waals surface area contributed by atoms with Crippen LogP contribution in [0.5, 0.6) is 0 Å². The molecule has 0 unspecified atom stereocenters. The highest BCUT2D eigenvalue weighted by molar-refractivity contribution is 5.90. The van der Waals surface area contributed by atoms with Crippen LogP contribution in [0.25, 0.3) is 0 Å².